The Labute approximate surface area is 121 Å². The lowest BCUT2D eigenvalue weighted by Gasteiger charge is -2.12. The van der Waals surface area contributed by atoms with Gasteiger partial charge in [0.25, 0.3) is 0 Å². The standard InChI is InChI=1S/C12H14Cl2N2OS/c13-9-2-1-3-10(14)12(9)16-11(17)6-15-8-4-5-18-7-8/h1-3,8,15H,4-7H2,(H,16,17). The van der Waals surface area contributed by atoms with Crippen molar-refractivity contribution in [1.82, 2.24) is 5.32 Å². The van der Waals surface area contributed by atoms with Crippen LogP contribution in [0.4, 0.5) is 5.69 Å². The second-order valence-corrected chi connectivity index (χ2v) is 6.05. The Kier molecular flexibility index (Phi) is 5.18. The van der Waals surface area contributed by atoms with Gasteiger partial charge < -0.3 is 10.6 Å². The van der Waals surface area contributed by atoms with Crippen molar-refractivity contribution in [2.24, 2.45) is 0 Å². The highest BCUT2D eigenvalue weighted by Crippen LogP contribution is 2.29. The van der Waals surface area contributed by atoms with Gasteiger partial charge in [-0.3, -0.25) is 4.79 Å². The lowest BCUT2D eigenvalue weighted by Crippen LogP contribution is -2.36. The molecule has 0 aliphatic carbocycles. The van der Waals surface area contributed by atoms with Crippen LogP contribution in [0.25, 0.3) is 0 Å². The fourth-order valence-electron chi connectivity index (χ4n) is 1.73. The summed E-state index contributed by atoms with van der Waals surface area (Å²) in [6, 6.07) is 5.57. The molecule has 1 amide bonds. The van der Waals surface area contributed by atoms with Gasteiger partial charge in [0.15, 0.2) is 0 Å². The molecule has 0 saturated carbocycles. The molecule has 0 spiro atoms. The SMILES string of the molecule is O=C(CNC1CCSC1)Nc1c(Cl)cccc1Cl. The second-order valence-electron chi connectivity index (χ2n) is 4.09. The Morgan fingerprint density at radius 1 is 1.39 bits per heavy atom. The van der Waals surface area contributed by atoms with Crippen LogP contribution in [0, 0.1) is 0 Å². The van der Waals surface area contributed by atoms with E-state index in [4.69, 9.17) is 23.2 Å². The number of hydrogen-bond acceptors (Lipinski definition) is 3. The highest BCUT2D eigenvalue weighted by Gasteiger charge is 2.16. The van der Waals surface area contributed by atoms with E-state index in [-0.39, 0.29) is 12.5 Å². The van der Waals surface area contributed by atoms with Gasteiger partial charge in [0.1, 0.15) is 0 Å². The number of rotatable bonds is 4. The van der Waals surface area contributed by atoms with Crippen molar-refractivity contribution in [1.29, 1.82) is 0 Å². The summed E-state index contributed by atoms with van der Waals surface area (Å²) in [6.45, 7) is 0.285. The fourth-order valence-corrected chi connectivity index (χ4v) is 3.41. The van der Waals surface area contributed by atoms with Crippen LogP contribution in [0.1, 0.15) is 6.42 Å². The largest absolute Gasteiger partial charge is 0.322 e. The van der Waals surface area contributed by atoms with Crippen LogP contribution in [-0.2, 0) is 4.79 Å². The third-order valence-corrected chi connectivity index (χ3v) is 4.50. The Morgan fingerprint density at radius 2 is 2.11 bits per heavy atom. The number of carbonyl (C=O) groups excluding carboxylic acids is 1. The molecule has 6 heteroatoms. The Bertz CT molecular complexity index is 416. The van der Waals surface area contributed by atoms with E-state index in [1.165, 1.54) is 0 Å². The minimum absolute atomic E-state index is 0.123. The zero-order chi connectivity index (χ0) is 13.0. The minimum atomic E-state index is -0.123. The average molecular weight is 305 g/mol. The van der Waals surface area contributed by atoms with E-state index in [1.807, 2.05) is 11.8 Å². The number of hydrogen-bond donors (Lipinski definition) is 2. The van der Waals surface area contributed by atoms with Crippen LogP contribution in [0.15, 0.2) is 18.2 Å². The third-order valence-electron chi connectivity index (χ3n) is 2.71. The van der Waals surface area contributed by atoms with Gasteiger partial charge in [-0.1, -0.05) is 29.3 Å². The van der Waals surface area contributed by atoms with Crippen LogP contribution in [0.3, 0.4) is 0 Å². The number of carbonyl (C=O) groups is 1. The molecule has 0 radical (unpaired) electrons. The Hall–Kier alpha value is -0.420. The highest BCUT2D eigenvalue weighted by atomic mass is 35.5. The molecule has 0 bridgehead atoms. The zero-order valence-corrected chi connectivity index (χ0v) is 12.0. The summed E-state index contributed by atoms with van der Waals surface area (Å²) < 4.78 is 0. The molecule has 1 aromatic rings. The number of para-hydroxylation sites is 1. The van der Waals surface area contributed by atoms with E-state index in [2.05, 4.69) is 10.6 Å². The predicted molar refractivity (Wildman–Crippen MR) is 78.8 cm³/mol. The molecular weight excluding hydrogens is 291 g/mol. The summed E-state index contributed by atoms with van der Waals surface area (Å²) in [6.07, 6.45) is 1.12. The number of benzene rings is 1. The number of halogens is 2. The van der Waals surface area contributed by atoms with Crippen molar-refractivity contribution >= 4 is 46.6 Å². The topological polar surface area (TPSA) is 41.1 Å². The van der Waals surface area contributed by atoms with Crippen LogP contribution in [0.2, 0.25) is 10.0 Å². The highest BCUT2D eigenvalue weighted by molar-refractivity contribution is 7.99. The maximum atomic E-state index is 11.8. The molecule has 1 fully saturated rings. The van der Waals surface area contributed by atoms with Gasteiger partial charge in [0.05, 0.1) is 22.3 Å². The maximum absolute atomic E-state index is 11.8. The molecule has 1 atom stereocenters. The molecule has 1 aliphatic rings. The minimum Gasteiger partial charge on any atom is -0.322 e. The normalized spacial score (nSPS) is 18.9. The summed E-state index contributed by atoms with van der Waals surface area (Å²) in [4.78, 5) is 11.8. The van der Waals surface area contributed by atoms with Gasteiger partial charge in [-0.05, 0) is 24.3 Å². The molecule has 3 nitrogen and oxygen atoms in total. The van der Waals surface area contributed by atoms with Gasteiger partial charge in [0, 0.05) is 11.8 Å². The summed E-state index contributed by atoms with van der Waals surface area (Å²) in [5, 5.41) is 6.85. The quantitative estimate of drug-likeness (QED) is 0.898. The lowest BCUT2D eigenvalue weighted by atomic mass is 10.2. The van der Waals surface area contributed by atoms with Crippen LogP contribution in [-0.4, -0.2) is 30.0 Å². The van der Waals surface area contributed by atoms with Crippen molar-refractivity contribution in [3.63, 3.8) is 0 Å². The second kappa shape index (κ2) is 6.66. The van der Waals surface area contributed by atoms with Gasteiger partial charge in [-0.25, -0.2) is 0 Å². The number of thioether (sulfide) groups is 1. The van der Waals surface area contributed by atoms with E-state index < -0.39 is 0 Å². The summed E-state index contributed by atoms with van der Waals surface area (Å²) >= 11 is 13.9. The average Bonchev–Trinajstić information content (AvgIpc) is 2.84. The molecule has 0 aromatic heterocycles. The first-order valence-electron chi connectivity index (χ1n) is 5.72. The first-order valence-corrected chi connectivity index (χ1v) is 7.63. The summed E-state index contributed by atoms with van der Waals surface area (Å²) in [5.74, 6) is 2.11. The Balaban J connectivity index is 1.86. The van der Waals surface area contributed by atoms with Gasteiger partial charge in [-0.2, -0.15) is 11.8 Å². The third kappa shape index (κ3) is 3.79. The molecule has 2 N–H and O–H groups in total. The van der Waals surface area contributed by atoms with E-state index >= 15 is 0 Å². The smallest absolute Gasteiger partial charge is 0.238 e. The van der Waals surface area contributed by atoms with E-state index in [0.29, 0.717) is 21.8 Å². The zero-order valence-electron chi connectivity index (χ0n) is 9.71. The maximum Gasteiger partial charge on any atom is 0.238 e. The van der Waals surface area contributed by atoms with Crippen LogP contribution < -0.4 is 10.6 Å². The first-order chi connectivity index (χ1) is 8.66. The van der Waals surface area contributed by atoms with Gasteiger partial charge in [0.2, 0.25) is 5.91 Å². The van der Waals surface area contributed by atoms with Crippen molar-refractivity contribution in [2.45, 2.75) is 12.5 Å². The monoisotopic (exact) mass is 304 g/mol. The summed E-state index contributed by atoms with van der Waals surface area (Å²) in [7, 11) is 0. The first kappa shape index (κ1) is 14.0. The molecule has 1 aromatic carbocycles. The lowest BCUT2D eigenvalue weighted by molar-refractivity contribution is -0.115. The van der Waals surface area contributed by atoms with Crippen LogP contribution in [0.5, 0.6) is 0 Å². The van der Waals surface area contributed by atoms with E-state index in [1.54, 1.807) is 18.2 Å². The number of anilines is 1. The molecule has 18 heavy (non-hydrogen) atoms. The molecular formula is C12H14Cl2N2OS. The van der Waals surface area contributed by atoms with E-state index in [9.17, 15) is 4.79 Å². The molecule has 1 saturated heterocycles. The predicted octanol–water partition coefficient (Wildman–Crippen LogP) is 3.03. The van der Waals surface area contributed by atoms with Crippen LogP contribution >= 0.6 is 35.0 Å². The van der Waals surface area contributed by atoms with Crippen molar-refractivity contribution in [3.05, 3.63) is 28.2 Å². The van der Waals surface area contributed by atoms with Gasteiger partial charge in [-0.15, -0.1) is 0 Å². The van der Waals surface area contributed by atoms with Crippen molar-refractivity contribution in [2.75, 3.05) is 23.4 Å². The number of amides is 1. The summed E-state index contributed by atoms with van der Waals surface area (Å²) in [5.41, 5.74) is 0.480. The number of nitrogens with one attached hydrogen (secondary N) is 2. The molecule has 1 unspecified atom stereocenters. The van der Waals surface area contributed by atoms with E-state index in [0.717, 1.165) is 17.9 Å². The molecule has 1 heterocycles. The molecule has 98 valence electrons. The Morgan fingerprint density at radius 3 is 2.72 bits per heavy atom. The molecule has 1 aliphatic heterocycles. The van der Waals surface area contributed by atoms with Crippen molar-refractivity contribution < 1.29 is 4.79 Å². The fraction of sp³-hybridized carbons (Fsp3) is 0.417. The molecule has 2 rings (SSSR count). The van der Waals surface area contributed by atoms with Crippen molar-refractivity contribution in [3.8, 4) is 0 Å². The van der Waals surface area contributed by atoms with Gasteiger partial charge >= 0.3 is 0 Å².